The maximum absolute atomic E-state index is 10.9. The van der Waals surface area contributed by atoms with E-state index in [0.717, 1.165) is 51.4 Å². The second-order valence-electron chi connectivity index (χ2n) is 7.96. The number of hydrogen-bond donors (Lipinski definition) is 2. The molecule has 0 aromatic carbocycles. The van der Waals surface area contributed by atoms with Gasteiger partial charge in [0.05, 0.1) is 11.9 Å². The lowest BCUT2D eigenvalue weighted by molar-refractivity contribution is 0.158. The molecule has 29 heavy (non-hydrogen) atoms. The molecule has 0 saturated carbocycles. The van der Waals surface area contributed by atoms with Crippen molar-refractivity contribution in [1.82, 2.24) is 0 Å². The van der Waals surface area contributed by atoms with Gasteiger partial charge in [-0.3, -0.25) is 9.11 Å². The van der Waals surface area contributed by atoms with Crippen LogP contribution < -0.4 is 0 Å². The van der Waals surface area contributed by atoms with Crippen molar-refractivity contribution in [3.8, 4) is 0 Å². The van der Waals surface area contributed by atoms with Gasteiger partial charge in [0.25, 0.3) is 10.1 Å². The van der Waals surface area contributed by atoms with E-state index < -0.39 is 26.6 Å². The monoisotopic (exact) mass is 458 g/mol. The van der Waals surface area contributed by atoms with Crippen molar-refractivity contribution >= 4 is 20.5 Å². The summed E-state index contributed by atoms with van der Waals surface area (Å²) in [5.74, 6) is -0.125. The zero-order valence-corrected chi connectivity index (χ0v) is 19.7. The summed E-state index contributed by atoms with van der Waals surface area (Å²) in [5, 5.41) is 0. The van der Waals surface area contributed by atoms with Crippen molar-refractivity contribution in [3.63, 3.8) is 0 Å². The summed E-state index contributed by atoms with van der Waals surface area (Å²) in [7, 11) is -8.16. The van der Waals surface area contributed by atoms with Crippen molar-refractivity contribution < 1.29 is 30.1 Å². The van der Waals surface area contributed by atoms with E-state index in [1.165, 1.54) is 38.5 Å². The Kier molecular flexibility index (Phi) is 17.3. The van der Waals surface area contributed by atoms with Gasteiger partial charge in [-0.25, -0.2) is 4.18 Å². The molecule has 0 aliphatic carbocycles. The summed E-state index contributed by atoms with van der Waals surface area (Å²) in [4.78, 5) is 0. The van der Waals surface area contributed by atoms with Gasteiger partial charge < -0.3 is 0 Å². The molecule has 0 fully saturated rings. The summed E-state index contributed by atoms with van der Waals surface area (Å²) in [6.07, 6.45) is 16.7. The standard InChI is InChI=1S/C20H42O7S2/c1-2-3-17-20(27-29(24,25)26)18-15-13-11-9-7-5-4-6-8-10-12-14-16-19-28(21,22)23/h20H,2-19H2,1H3,(H,21,22,23)(H,24,25,26). The van der Waals surface area contributed by atoms with Gasteiger partial charge in [0, 0.05) is 0 Å². The van der Waals surface area contributed by atoms with Crippen LogP contribution in [0.15, 0.2) is 0 Å². The summed E-state index contributed by atoms with van der Waals surface area (Å²) < 4.78 is 65.2. The minimum Gasteiger partial charge on any atom is -0.286 e. The van der Waals surface area contributed by atoms with E-state index in [0.29, 0.717) is 19.3 Å². The zero-order valence-electron chi connectivity index (χ0n) is 18.1. The van der Waals surface area contributed by atoms with Crippen LogP contribution in [0.4, 0.5) is 0 Å². The van der Waals surface area contributed by atoms with Gasteiger partial charge in [-0.1, -0.05) is 96.8 Å². The van der Waals surface area contributed by atoms with Gasteiger partial charge in [-0.15, -0.1) is 0 Å². The Morgan fingerprint density at radius 2 is 1.00 bits per heavy atom. The van der Waals surface area contributed by atoms with Gasteiger partial charge in [-0.05, 0) is 19.3 Å². The highest BCUT2D eigenvalue weighted by molar-refractivity contribution is 7.85. The van der Waals surface area contributed by atoms with Crippen molar-refractivity contribution in [2.45, 2.75) is 122 Å². The average molecular weight is 459 g/mol. The Morgan fingerprint density at radius 3 is 1.38 bits per heavy atom. The molecule has 0 aromatic rings. The van der Waals surface area contributed by atoms with Gasteiger partial charge >= 0.3 is 10.4 Å². The molecular weight excluding hydrogens is 416 g/mol. The van der Waals surface area contributed by atoms with Crippen LogP contribution in [0.3, 0.4) is 0 Å². The average Bonchev–Trinajstić information content (AvgIpc) is 2.60. The normalized spacial score (nSPS) is 13.6. The first-order valence-electron chi connectivity index (χ1n) is 11.2. The van der Waals surface area contributed by atoms with Gasteiger partial charge in [0.1, 0.15) is 0 Å². The van der Waals surface area contributed by atoms with E-state index in [1.54, 1.807) is 0 Å². The minimum atomic E-state index is -4.36. The van der Waals surface area contributed by atoms with Gasteiger partial charge in [0.15, 0.2) is 0 Å². The molecule has 0 rings (SSSR count). The van der Waals surface area contributed by atoms with Crippen LogP contribution in [0.1, 0.15) is 116 Å². The third-order valence-electron chi connectivity index (χ3n) is 5.07. The van der Waals surface area contributed by atoms with E-state index in [1.807, 2.05) is 6.92 Å². The van der Waals surface area contributed by atoms with Crippen LogP contribution >= 0.6 is 0 Å². The Morgan fingerprint density at radius 1 is 0.621 bits per heavy atom. The van der Waals surface area contributed by atoms with Crippen LogP contribution in [-0.4, -0.2) is 37.8 Å². The fraction of sp³-hybridized carbons (Fsp3) is 1.00. The number of unbranched alkanes of at least 4 members (excludes halogenated alkanes) is 13. The third kappa shape index (κ3) is 23.9. The first kappa shape index (κ1) is 28.8. The van der Waals surface area contributed by atoms with E-state index in [4.69, 9.17) is 13.3 Å². The highest BCUT2D eigenvalue weighted by Gasteiger charge is 2.16. The molecule has 0 spiro atoms. The van der Waals surface area contributed by atoms with E-state index in [2.05, 4.69) is 0 Å². The number of rotatable bonds is 21. The first-order valence-corrected chi connectivity index (χ1v) is 14.2. The van der Waals surface area contributed by atoms with Crippen molar-refractivity contribution in [2.24, 2.45) is 0 Å². The molecule has 0 aliphatic heterocycles. The maximum atomic E-state index is 10.9. The zero-order chi connectivity index (χ0) is 22.0. The smallest absolute Gasteiger partial charge is 0.286 e. The van der Waals surface area contributed by atoms with E-state index in [-0.39, 0.29) is 5.75 Å². The predicted octanol–water partition coefficient (Wildman–Crippen LogP) is 5.71. The Balaban J connectivity index is 3.45. The molecule has 0 bridgehead atoms. The Bertz CT molecular complexity index is 574. The second kappa shape index (κ2) is 17.5. The van der Waals surface area contributed by atoms with Crippen LogP contribution in [0.2, 0.25) is 0 Å². The molecule has 0 aliphatic rings. The van der Waals surface area contributed by atoms with Gasteiger partial charge in [0.2, 0.25) is 0 Å². The van der Waals surface area contributed by atoms with Crippen LogP contribution in [0.25, 0.3) is 0 Å². The molecule has 0 aromatic heterocycles. The largest absolute Gasteiger partial charge is 0.397 e. The highest BCUT2D eigenvalue weighted by Crippen LogP contribution is 2.17. The fourth-order valence-electron chi connectivity index (χ4n) is 3.45. The Hall–Kier alpha value is -0.220. The molecule has 1 atom stereocenters. The van der Waals surface area contributed by atoms with Crippen LogP contribution in [-0.2, 0) is 24.7 Å². The van der Waals surface area contributed by atoms with Crippen molar-refractivity contribution in [3.05, 3.63) is 0 Å². The lowest BCUT2D eigenvalue weighted by atomic mass is 10.0. The third-order valence-corrected chi connectivity index (χ3v) is 6.39. The van der Waals surface area contributed by atoms with Crippen molar-refractivity contribution in [1.29, 1.82) is 0 Å². The summed E-state index contributed by atoms with van der Waals surface area (Å²) >= 11 is 0. The molecule has 1 unspecified atom stereocenters. The first-order chi connectivity index (χ1) is 13.6. The number of hydrogen-bond acceptors (Lipinski definition) is 5. The molecule has 176 valence electrons. The second-order valence-corrected chi connectivity index (χ2v) is 10.6. The van der Waals surface area contributed by atoms with E-state index in [9.17, 15) is 16.8 Å². The fourth-order valence-corrected chi connectivity index (χ4v) is 4.55. The molecule has 2 N–H and O–H groups in total. The van der Waals surface area contributed by atoms with Crippen molar-refractivity contribution in [2.75, 3.05) is 5.75 Å². The topological polar surface area (TPSA) is 118 Å². The molecule has 7 nitrogen and oxygen atoms in total. The molecule has 0 heterocycles. The quantitative estimate of drug-likeness (QED) is 0.167. The summed E-state index contributed by atoms with van der Waals surface area (Å²) in [6.45, 7) is 2.04. The SMILES string of the molecule is CCCCC(CCCCCCCCCCCCCCCS(=O)(=O)O)OS(=O)(=O)O. The molecular formula is C20H42O7S2. The summed E-state index contributed by atoms with van der Waals surface area (Å²) in [6, 6.07) is 0. The van der Waals surface area contributed by atoms with Crippen LogP contribution in [0.5, 0.6) is 0 Å². The predicted molar refractivity (Wildman–Crippen MR) is 117 cm³/mol. The maximum Gasteiger partial charge on any atom is 0.397 e. The van der Waals surface area contributed by atoms with Crippen LogP contribution in [0, 0.1) is 0 Å². The van der Waals surface area contributed by atoms with E-state index >= 15 is 0 Å². The van der Waals surface area contributed by atoms with Gasteiger partial charge in [-0.2, -0.15) is 16.8 Å². The Labute approximate surface area is 178 Å². The summed E-state index contributed by atoms with van der Waals surface area (Å²) in [5.41, 5.74) is 0. The molecule has 0 saturated heterocycles. The lowest BCUT2D eigenvalue weighted by Gasteiger charge is -2.14. The highest BCUT2D eigenvalue weighted by atomic mass is 32.3. The molecule has 9 heteroatoms. The molecule has 0 radical (unpaired) electrons. The minimum absolute atomic E-state index is 0.125. The molecule has 0 amide bonds. The lowest BCUT2D eigenvalue weighted by Crippen LogP contribution is -2.18.